The van der Waals surface area contributed by atoms with Gasteiger partial charge in [-0.3, -0.25) is 9.69 Å². The zero-order chi connectivity index (χ0) is 17.5. The van der Waals surface area contributed by atoms with Gasteiger partial charge in [0, 0.05) is 6.54 Å². The number of aliphatic hydroxyl groups excluding tert-OH is 1. The van der Waals surface area contributed by atoms with E-state index in [1.54, 1.807) is 0 Å². The molecule has 0 bridgehead atoms. The van der Waals surface area contributed by atoms with E-state index in [1.807, 2.05) is 6.92 Å². The third-order valence-corrected chi connectivity index (χ3v) is 4.28. The number of hydrogen-bond donors (Lipinski definition) is 2. The van der Waals surface area contributed by atoms with E-state index in [0.29, 0.717) is 5.56 Å². The Bertz CT molecular complexity index is 525. The first-order valence-corrected chi connectivity index (χ1v) is 8.26. The van der Waals surface area contributed by atoms with Crippen molar-refractivity contribution in [2.45, 2.75) is 44.9 Å². The van der Waals surface area contributed by atoms with Crippen molar-refractivity contribution in [1.82, 2.24) is 10.2 Å². The zero-order valence-electron chi connectivity index (χ0n) is 13.8. The van der Waals surface area contributed by atoms with Gasteiger partial charge in [0.1, 0.15) is 5.75 Å². The number of aliphatic hydroxyl groups is 1. The number of halogens is 2. The monoisotopic (exact) mass is 342 g/mol. The molecule has 1 aliphatic heterocycles. The summed E-state index contributed by atoms with van der Waals surface area (Å²) >= 11 is 0. The van der Waals surface area contributed by atoms with E-state index in [4.69, 9.17) is 0 Å². The standard InChI is InChI=1S/C17H24F2N2O3/c1-2-21-10-4-3-5-14(21)16(23)20-11-15(22)12-6-8-13(9-7-12)24-17(18)19/h6-9,14-15,17,22H,2-5,10-11H2,1H3,(H,20,23)/t14-,15-/m1/s1. The Balaban J connectivity index is 1.85. The van der Waals surface area contributed by atoms with Gasteiger partial charge in [-0.2, -0.15) is 8.78 Å². The van der Waals surface area contributed by atoms with E-state index in [2.05, 4.69) is 15.0 Å². The summed E-state index contributed by atoms with van der Waals surface area (Å²) < 4.78 is 28.5. The molecule has 0 saturated carbocycles. The number of carbonyl (C=O) groups is 1. The molecule has 1 aromatic carbocycles. The number of hydrogen-bond acceptors (Lipinski definition) is 4. The van der Waals surface area contributed by atoms with Crippen LogP contribution in [-0.4, -0.2) is 48.2 Å². The number of amides is 1. The summed E-state index contributed by atoms with van der Waals surface area (Å²) in [6.07, 6.45) is 2.07. The first-order chi connectivity index (χ1) is 11.5. The number of alkyl halides is 2. The van der Waals surface area contributed by atoms with Crippen LogP contribution in [0.2, 0.25) is 0 Å². The number of carbonyl (C=O) groups excluding carboxylic acids is 1. The molecule has 24 heavy (non-hydrogen) atoms. The van der Waals surface area contributed by atoms with Crippen molar-refractivity contribution in [3.8, 4) is 5.75 Å². The summed E-state index contributed by atoms with van der Waals surface area (Å²) in [4.78, 5) is 14.5. The van der Waals surface area contributed by atoms with E-state index < -0.39 is 12.7 Å². The minimum atomic E-state index is -2.88. The second kappa shape index (κ2) is 8.94. The van der Waals surface area contributed by atoms with Crippen LogP contribution >= 0.6 is 0 Å². The van der Waals surface area contributed by atoms with Crippen molar-refractivity contribution in [3.63, 3.8) is 0 Å². The SMILES string of the molecule is CCN1CCCC[C@@H]1C(=O)NC[C@@H](O)c1ccc(OC(F)F)cc1. The van der Waals surface area contributed by atoms with Gasteiger partial charge in [-0.15, -0.1) is 0 Å². The molecular weight excluding hydrogens is 318 g/mol. The van der Waals surface area contributed by atoms with Crippen molar-refractivity contribution in [1.29, 1.82) is 0 Å². The van der Waals surface area contributed by atoms with Gasteiger partial charge in [-0.05, 0) is 43.6 Å². The van der Waals surface area contributed by atoms with Crippen molar-refractivity contribution in [3.05, 3.63) is 29.8 Å². The predicted octanol–water partition coefficient (Wildman–Crippen LogP) is 2.31. The van der Waals surface area contributed by atoms with Crippen LogP contribution in [0.1, 0.15) is 37.9 Å². The number of rotatable bonds is 7. The molecule has 0 unspecified atom stereocenters. The molecular formula is C17H24F2N2O3. The van der Waals surface area contributed by atoms with Crippen LogP contribution in [0.15, 0.2) is 24.3 Å². The average molecular weight is 342 g/mol. The Morgan fingerprint density at radius 3 is 2.71 bits per heavy atom. The smallest absolute Gasteiger partial charge is 0.387 e. The first kappa shape index (κ1) is 18.6. The fourth-order valence-electron chi connectivity index (χ4n) is 2.97. The maximum Gasteiger partial charge on any atom is 0.387 e. The molecule has 0 spiro atoms. The highest BCUT2D eigenvalue weighted by atomic mass is 19.3. The number of ether oxygens (including phenoxy) is 1. The Labute approximate surface area is 140 Å². The Morgan fingerprint density at radius 1 is 1.38 bits per heavy atom. The molecule has 1 aliphatic rings. The molecule has 7 heteroatoms. The fourth-order valence-corrected chi connectivity index (χ4v) is 2.97. The Hall–Kier alpha value is -1.73. The number of piperidine rings is 1. The summed E-state index contributed by atoms with van der Waals surface area (Å²) in [6, 6.07) is 5.61. The topological polar surface area (TPSA) is 61.8 Å². The van der Waals surface area contributed by atoms with Gasteiger partial charge >= 0.3 is 6.61 Å². The molecule has 2 rings (SSSR count). The van der Waals surface area contributed by atoms with Crippen molar-refractivity contribution in [2.24, 2.45) is 0 Å². The predicted molar refractivity (Wildman–Crippen MR) is 85.9 cm³/mol. The number of likely N-dealkylation sites (tertiary alicyclic amines) is 1. The quantitative estimate of drug-likeness (QED) is 0.798. The lowest BCUT2D eigenvalue weighted by molar-refractivity contribution is -0.128. The minimum absolute atomic E-state index is 0.0331. The Morgan fingerprint density at radius 2 is 2.08 bits per heavy atom. The van der Waals surface area contributed by atoms with Crippen LogP contribution < -0.4 is 10.1 Å². The van der Waals surface area contributed by atoms with Crippen LogP contribution in [0.3, 0.4) is 0 Å². The van der Waals surface area contributed by atoms with Crippen LogP contribution in [0.5, 0.6) is 5.75 Å². The molecule has 0 aliphatic carbocycles. The van der Waals surface area contributed by atoms with Gasteiger partial charge in [0.05, 0.1) is 12.1 Å². The van der Waals surface area contributed by atoms with Gasteiger partial charge in [0.15, 0.2) is 0 Å². The third kappa shape index (κ3) is 5.14. The summed E-state index contributed by atoms with van der Waals surface area (Å²) in [7, 11) is 0. The van der Waals surface area contributed by atoms with Crippen molar-refractivity contribution >= 4 is 5.91 Å². The number of nitrogens with one attached hydrogen (secondary N) is 1. The van der Waals surface area contributed by atoms with E-state index in [-0.39, 0.29) is 24.2 Å². The van der Waals surface area contributed by atoms with Gasteiger partial charge in [-0.1, -0.05) is 25.5 Å². The van der Waals surface area contributed by atoms with Gasteiger partial charge in [-0.25, -0.2) is 0 Å². The highest BCUT2D eigenvalue weighted by molar-refractivity contribution is 5.81. The molecule has 2 atom stereocenters. The lowest BCUT2D eigenvalue weighted by atomic mass is 10.0. The molecule has 1 heterocycles. The second-order valence-electron chi connectivity index (χ2n) is 5.85. The maximum atomic E-state index is 12.3. The normalized spacial score (nSPS) is 20.0. The molecule has 1 aromatic rings. The number of nitrogens with zero attached hydrogens (tertiary/aromatic N) is 1. The highest BCUT2D eigenvalue weighted by Gasteiger charge is 2.27. The third-order valence-electron chi connectivity index (χ3n) is 4.28. The zero-order valence-corrected chi connectivity index (χ0v) is 13.8. The number of benzene rings is 1. The van der Waals surface area contributed by atoms with Crippen LogP contribution in [-0.2, 0) is 4.79 Å². The molecule has 0 aromatic heterocycles. The van der Waals surface area contributed by atoms with Crippen molar-refractivity contribution < 1.29 is 23.4 Å². The van der Waals surface area contributed by atoms with E-state index in [1.165, 1.54) is 24.3 Å². The summed E-state index contributed by atoms with van der Waals surface area (Å²) in [5, 5.41) is 12.9. The lowest BCUT2D eigenvalue weighted by Crippen LogP contribution is -2.49. The number of likely N-dealkylation sites (N-methyl/N-ethyl adjacent to an activating group) is 1. The molecule has 0 radical (unpaired) electrons. The first-order valence-electron chi connectivity index (χ1n) is 8.26. The molecule has 1 saturated heterocycles. The minimum Gasteiger partial charge on any atom is -0.435 e. The van der Waals surface area contributed by atoms with Crippen LogP contribution in [0, 0.1) is 0 Å². The van der Waals surface area contributed by atoms with Crippen LogP contribution in [0.25, 0.3) is 0 Å². The second-order valence-corrected chi connectivity index (χ2v) is 5.85. The summed E-state index contributed by atoms with van der Waals surface area (Å²) in [5.74, 6) is -0.0426. The van der Waals surface area contributed by atoms with Crippen molar-refractivity contribution in [2.75, 3.05) is 19.6 Å². The fraction of sp³-hybridized carbons (Fsp3) is 0.588. The van der Waals surface area contributed by atoms with Gasteiger partial charge in [0.25, 0.3) is 0 Å². The van der Waals surface area contributed by atoms with Crippen LogP contribution in [0.4, 0.5) is 8.78 Å². The molecule has 134 valence electrons. The molecule has 5 nitrogen and oxygen atoms in total. The summed E-state index contributed by atoms with van der Waals surface area (Å²) in [6.45, 7) is 0.984. The lowest BCUT2D eigenvalue weighted by Gasteiger charge is -2.33. The molecule has 1 amide bonds. The highest BCUT2D eigenvalue weighted by Crippen LogP contribution is 2.20. The average Bonchev–Trinajstić information content (AvgIpc) is 2.59. The Kier molecular flexibility index (Phi) is 6.93. The molecule has 2 N–H and O–H groups in total. The largest absolute Gasteiger partial charge is 0.435 e. The van der Waals surface area contributed by atoms with E-state index in [0.717, 1.165) is 32.4 Å². The maximum absolute atomic E-state index is 12.3. The summed E-state index contributed by atoms with van der Waals surface area (Å²) in [5.41, 5.74) is 0.535. The van der Waals surface area contributed by atoms with Gasteiger partial charge in [0.2, 0.25) is 5.91 Å². The van der Waals surface area contributed by atoms with E-state index >= 15 is 0 Å². The van der Waals surface area contributed by atoms with E-state index in [9.17, 15) is 18.7 Å². The molecule has 1 fully saturated rings. The van der Waals surface area contributed by atoms with Gasteiger partial charge < -0.3 is 15.2 Å².